The standard InChI is InChI=1S/C17H10F3N3O4S/c18-9-1-3-12(20)11(5-9)13-8-28-17(21-13)22-16(24)7-27-15-6-10(19)2-4-14(15)23(25)26/h1-6,8H,7H2,(H,21,22,24). The van der Waals surface area contributed by atoms with E-state index in [4.69, 9.17) is 4.74 Å². The third-order valence-corrected chi connectivity index (χ3v) is 4.19. The molecule has 0 unspecified atom stereocenters. The lowest BCUT2D eigenvalue weighted by atomic mass is 10.1. The average molecular weight is 409 g/mol. The van der Waals surface area contributed by atoms with Gasteiger partial charge in [-0.3, -0.25) is 20.2 Å². The largest absolute Gasteiger partial charge is 0.477 e. The molecule has 0 aliphatic rings. The van der Waals surface area contributed by atoms with Crippen molar-refractivity contribution in [3.05, 3.63) is 69.3 Å². The Bertz CT molecular complexity index is 1060. The van der Waals surface area contributed by atoms with Crippen LogP contribution in [0.4, 0.5) is 24.0 Å². The molecule has 0 spiro atoms. The van der Waals surface area contributed by atoms with Crippen LogP contribution < -0.4 is 10.1 Å². The number of anilines is 1. The summed E-state index contributed by atoms with van der Waals surface area (Å²) in [6, 6.07) is 5.51. The minimum absolute atomic E-state index is 0.0663. The third kappa shape index (κ3) is 4.43. The van der Waals surface area contributed by atoms with Gasteiger partial charge in [0.25, 0.3) is 5.91 Å². The van der Waals surface area contributed by atoms with Crippen molar-refractivity contribution >= 4 is 28.1 Å². The summed E-state index contributed by atoms with van der Waals surface area (Å²) in [5.74, 6) is -3.20. The number of rotatable bonds is 6. The molecule has 0 aliphatic carbocycles. The van der Waals surface area contributed by atoms with E-state index in [0.717, 1.165) is 47.7 Å². The van der Waals surface area contributed by atoms with E-state index in [1.54, 1.807) is 0 Å². The fraction of sp³-hybridized carbons (Fsp3) is 0.0588. The lowest BCUT2D eigenvalue weighted by molar-refractivity contribution is -0.385. The molecule has 0 saturated carbocycles. The molecule has 1 N–H and O–H groups in total. The number of nitrogens with zero attached hydrogens (tertiary/aromatic N) is 2. The second-order valence-corrected chi connectivity index (χ2v) is 6.23. The predicted octanol–water partition coefficient (Wildman–Crippen LogP) is 4.15. The molecule has 144 valence electrons. The van der Waals surface area contributed by atoms with Gasteiger partial charge in [0.2, 0.25) is 5.75 Å². The van der Waals surface area contributed by atoms with Gasteiger partial charge in [0.15, 0.2) is 11.7 Å². The maximum Gasteiger partial charge on any atom is 0.311 e. The fourth-order valence-corrected chi connectivity index (χ4v) is 2.93. The quantitative estimate of drug-likeness (QED) is 0.488. The zero-order chi connectivity index (χ0) is 20.3. The Balaban J connectivity index is 1.67. The first-order valence-corrected chi connectivity index (χ1v) is 8.49. The van der Waals surface area contributed by atoms with Crippen LogP contribution in [-0.2, 0) is 4.79 Å². The number of carbonyl (C=O) groups is 1. The van der Waals surface area contributed by atoms with Crippen molar-refractivity contribution < 1.29 is 27.6 Å². The van der Waals surface area contributed by atoms with Crippen LogP contribution in [0.1, 0.15) is 0 Å². The van der Waals surface area contributed by atoms with Crippen LogP contribution in [0.25, 0.3) is 11.3 Å². The summed E-state index contributed by atoms with van der Waals surface area (Å²) in [5.41, 5.74) is -0.435. The number of ether oxygens (including phenoxy) is 1. The van der Waals surface area contributed by atoms with E-state index in [2.05, 4.69) is 10.3 Å². The van der Waals surface area contributed by atoms with Crippen LogP contribution in [0.5, 0.6) is 5.75 Å². The van der Waals surface area contributed by atoms with Gasteiger partial charge in [-0.05, 0) is 24.3 Å². The molecule has 28 heavy (non-hydrogen) atoms. The average Bonchev–Trinajstić information content (AvgIpc) is 3.10. The lowest BCUT2D eigenvalue weighted by Crippen LogP contribution is -2.20. The normalized spacial score (nSPS) is 10.5. The van der Waals surface area contributed by atoms with Crippen LogP contribution >= 0.6 is 11.3 Å². The molecular weight excluding hydrogens is 399 g/mol. The van der Waals surface area contributed by atoms with E-state index >= 15 is 0 Å². The Morgan fingerprint density at radius 1 is 1.18 bits per heavy atom. The first kappa shape index (κ1) is 19.3. The zero-order valence-corrected chi connectivity index (χ0v) is 14.6. The van der Waals surface area contributed by atoms with Gasteiger partial charge >= 0.3 is 5.69 Å². The van der Waals surface area contributed by atoms with Crippen LogP contribution in [0.3, 0.4) is 0 Å². The van der Waals surface area contributed by atoms with Crippen LogP contribution in [0.15, 0.2) is 41.8 Å². The van der Waals surface area contributed by atoms with Crippen LogP contribution in [0.2, 0.25) is 0 Å². The molecule has 7 nitrogen and oxygen atoms in total. The van der Waals surface area contributed by atoms with Gasteiger partial charge in [-0.1, -0.05) is 0 Å². The number of hydrogen-bond donors (Lipinski definition) is 1. The number of nitrogens with one attached hydrogen (secondary N) is 1. The molecule has 0 bridgehead atoms. The van der Waals surface area contributed by atoms with Gasteiger partial charge in [0.1, 0.15) is 17.5 Å². The fourth-order valence-electron chi connectivity index (χ4n) is 2.20. The SMILES string of the molecule is O=C(COc1cc(F)ccc1[N+](=O)[O-])Nc1nc(-c2cc(F)ccc2F)cs1. The maximum atomic E-state index is 13.8. The van der Waals surface area contributed by atoms with E-state index in [9.17, 15) is 28.1 Å². The highest BCUT2D eigenvalue weighted by Gasteiger charge is 2.18. The summed E-state index contributed by atoms with van der Waals surface area (Å²) < 4.78 is 45.3. The van der Waals surface area contributed by atoms with Crippen molar-refractivity contribution in [2.24, 2.45) is 0 Å². The summed E-state index contributed by atoms with van der Waals surface area (Å²) >= 11 is 0.963. The van der Waals surface area contributed by atoms with Crippen molar-refractivity contribution in [3.63, 3.8) is 0 Å². The number of benzene rings is 2. The van der Waals surface area contributed by atoms with Gasteiger partial charge in [-0.15, -0.1) is 11.3 Å². The first-order valence-electron chi connectivity index (χ1n) is 7.61. The topological polar surface area (TPSA) is 94.4 Å². The van der Waals surface area contributed by atoms with E-state index in [0.29, 0.717) is 0 Å². The predicted molar refractivity (Wildman–Crippen MR) is 94.6 cm³/mol. The number of hydrogen-bond acceptors (Lipinski definition) is 6. The Kier molecular flexibility index (Phi) is 5.54. The van der Waals surface area contributed by atoms with Crippen molar-refractivity contribution in [1.82, 2.24) is 4.98 Å². The highest BCUT2D eigenvalue weighted by atomic mass is 32.1. The van der Waals surface area contributed by atoms with E-state index in [1.807, 2.05) is 0 Å². The third-order valence-electron chi connectivity index (χ3n) is 3.43. The Morgan fingerprint density at radius 3 is 2.64 bits per heavy atom. The number of thiazole rings is 1. The number of nitro benzene ring substituents is 1. The molecule has 3 rings (SSSR count). The van der Waals surface area contributed by atoms with Crippen molar-refractivity contribution in [3.8, 4) is 17.0 Å². The molecule has 0 saturated heterocycles. The summed E-state index contributed by atoms with van der Waals surface area (Å²) in [4.78, 5) is 26.1. The van der Waals surface area contributed by atoms with Crippen molar-refractivity contribution in [2.45, 2.75) is 0 Å². The van der Waals surface area contributed by atoms with E-state index in [1.165, 1.54) is 5.38 Å². The molecule has 11 heteroatoms. The maximum absolute atomic E-state index is 13.8. The van der Waals surface area contributed by atoms with Gasteiger partial charge in [-0.2, -0.15) is 0 Å². The van der Waals surface area contributed by atoms with Gasteiger partial charge in [0, 0.05) is 23.1 Å². The lowest BCUT2D eigenvalue weighted by Gasteiger charge is -2.06. The molecule has 1 heterocycles. The molecule has 0 aliphatic heterocycles. The summed E-state index contributed by atoms with van der Waals surface area (Å²) in [6.07, 6.45) is 0. The highest BCUT2D eigenvalue weighted by Crippen LogP contribution is 2.29. The zero-order valence-electron chi connectivity index (χ0n) is 13.8. The number of aromatic nitrogens is 1. The van der Waals surface area contributed by atoms with E-state index < -0.39 is 46.3 Å². The number of carbonyl (C=O) groups excluding carboxylic acids is 1. The molecule has 1 aromatic heterocycles. The molecule has 0 radical (unpaired) electrons. The molecule has 1 amide bonds. The smallest absolute Gasteiger partial charge is 0.311 e. The number of halogens is 3. The minimum atomic E-state index is -0.771. The Morgan fingerprint density at radius 2 is 1.89 bits per heavy atom. The van der Waals surface area contributed by atoms with E-state index in [-0.39, 0.29) is 16.4 Å². The number of amides is 1. The van der Waals surface area contributed by atoms with Crippen molar-refractivity contribution in [2.75, 3.05) is 11.9 Å². The van der Waals surface area contributed by atoms with Crippen LogP contribution in [0, 0.1) is 27.6 Å². The van der Waals surface area contributed by atoms with Gasteiger partial charge in [-0.25, -0.2) is 18.2 Å². The first-order chi connectivity index (χ1) is 13.3. The van der Waals surface area contributed by atoms with Crippen LogP contribution in [-0.4, -0.2) is 22.4 Å². The van der Waals surface area contributed by atoms with Crippen molar-refractivity contribution in [1.29, 1.82) is 0 Å². The van der Waals surface area contributed by atoms with Gasteiger partial charge < -0.3 is 4.74 Å². The monoisotopic (exact) mass is 409 g/mol. The Labute approximate surface area is 159 Å². The molecule has 2 aromatic carbocycles. The molecular formula is C17H10F3N3O4S. The summed E-state index contributed by atoms with van der Waals surface area (Å²) in [6.45, 7) is -0.645. The summed E-state index contributed by atoms with van der Waals surface area (Å²) in [7, 11) is 0. The minimum Gasteiger partial charge on any atom is -0.477 e. The second kappa shape index (κ2) is 8.05. The Hall–Kier alpha value is -3.47. The number of nitro groups is 1. The molecule has 0 fully saturated rings. The summed E-state index contributed by atoms with van der Waals surface area (Å²) in [5, 5.41) is 14.8. The molecule has 0 atom stereocenters. The highest BCUT2D eigenvalue weighted by molar-refractivity contribution is 7.14. The second-order valence-electron chi connectivity index (χ2n) is 5.37. The molecule has 3 aromatic rings. The van der Waals surface area contributed by atoms with Gasteiger partial charge in [0.05, 0.1) is 10.6 Å².